The highest BCUT2D eigenvalue weighted by molar-refractivity contribution is 7.10. The van der Waals surface area contributed by atoms with E-state index in [0.717, 1.165) is 45.1 Å². The Morgan fingerprint density at radius 2 is 1.96 bits per heavy atom. The lowest BCUT2D eigenvalue weighted by Gasteiger charge is -2.34. The third-order valence-corrected chi connectivity index (χ3v) is 6.02. The number of nitrogens with one attached hydrogen (secondary N) is 1. The Labute approximate surface area is 157 Å². The highest BCUT2D eigenvalue weighted by Crippen LogP contribution is 2.23. The van der Waals surface area contributed by atoms with Gasteiger partial charge in [-0.1, -0.05) is 0 Å². The van der Waals surface area contributed by atoms with Crippen molar-refractivity contribution in [3.63, 3.8) is 0 Å². The molecule has 0 aromatic carbocycles. The number of fused-ring (bicyclic) bond motifs is 1. The molecule has 8 heteroatoms. The average Bonchev–Trinajstić information content (AvgIpc) is 3.16. The Balaban J connectivity index is 1.18. The molecule has 2 amide bonds. The van der Waals surface area contributed by atoms with Gasteiger partial charge in [0.25, 0.3) is 0 Å². The molecule has 138 valence electrons. The van der Waals surface area contributed by atoms with Crippen LogP contribution in [0.1, 0.15) is 10.4 Å². The number of carbonyl (C=O) groups is 1. The number of piperazine rings is 1. The summed E-state index contributed by atoms with van der Waals surface area (Å²) in [7, 11) is 0. The van der Waals surface area contributed by atoms with Crippen LogP contribution in [0, 0.1) is 0 Å². The van der Waals surface area contributed by atoms with Crippen molar-refractivity contribution in [2.24, 2.45) is 0 Å². The van der Waals surface area contributed by atoms with Crippen molar-refractivity contribution in [3.8, 4) is 0 Å². The van der Waals surface area contributed by atoms with Gasteiger partial charge in [-0.2, -0.15) is 0 Å². The Kier molecular flexibility index (Phi) is 5.31. The lowest BCUT2D eigenvalue weighted by molar-refractivity contribution is 0.190. The van der Waals surface area contributed by atoms with Crippen LogP contribution in [0.4, 0.5) is 10.7 Å². The van der Waals surface area contributed by atoms with Crippen molar-refractivity contribution in [2.45, 2.75) is 13.0 Å². The van der Waals surface area contributed by atoms with Gasteiger partial charge in [0, 0.05) is 69.6 Å². The summed E-state index contributed by atoms with van der Waals surface area (Å²) in [6.45, 7) is 6.62. The number of thiophene rings is 1. The minimum Gasteiger partial charge on any atom is -0.337 e. The summed E-state index contributed by atoms with van der Waals surface area (Å²) in [6.07, 6.45) is 4.63. The van der Waals surface area contributed by atoms with E-state index in [1.54, 1.807) is 12.4 Å². The second-order valence-corrected chi connectivity index (χ2v) is 7.65. The van der Waals surface area contributed by atoms with Crippen molar-refractivity contribution < 1.29 is 4.79 Å². The molecule has 2 aliphatic heterocycles. The molecule has 0 saturated carbocycles. The van der Waals surface area contributed by atoms with Crippen LogP contribution in [0.2, 0.25) is 0 Å². The summed E-state index contributed by atoms with van der Waals surface area (Å²) >= 11 is 1.86. The first kappa shape index (κ1) is 17.2. The first-order valence-corrected chi connectivity index (χ1v) is 10.00. The summed E-state index contributed by atoms with van der Waals surface area (Å²) in [4.78, 5) is 28.9. The van der Waals surface area contributed by atoms with E-state index in [4.69, 9.17) is 0 Å². The van der Waals surface area contributed by atoms with Crippen molar-refractivity contribution >= 4 is 23.3 Å². The number of hydrogen-bond donors (Lipinski definition) is 1. The number of carbonyl (C=O) groups excluding carboxylic acids is 1. The van der Waals surface area contributed by atoms with E-state index < -0.39 is 0 Å². The van der Waals surface area contributed by atoms with E-state index in [0.29, 0.717) is 19.6 Å². The lowest BCUT2D eigenvalue weighted by atomic mass is 10.1. The molecule has 0 aliphatic carbocycles. The van der Waals surface area contributed by atoms with Gasteiger partial charge in [-0.05, 0) is 29.5 Å². The van der Waals surface area contributed by atoms with E-state index in [2.05, 4.69) is 36.5 Å². The Bertz CT molecular complexity index is 728. The molecule has 0 radical (unpaired) electrons. The number of amides is 2. The van der Waals surface area contributed by atoms with Crippen LogP contribution in [0.25, 0.3) is 0 Å². The third-order valence-electron chi connectivity index (χ3n) is 4.99. The summed E-state index contributed by atoms with van der Waals surface area (Å²) in [5.74, 6) is 0.741. The first-order chi connectivity index (χ1) is 12.8. The quantitative estimate of drug-likeness (QED) is 0.880. The van der Waals surface area contributed by atoms with Gasteiger partial charge in [0.1, 0.15) is 0 Å². The molecule has 0 spiro atoms. The monoisotopic (exact) mass is 372 g/mol. The molecule has 0 atom stereocenters. The molecule has 1 saturated heterocycles. The summed E-state index contributed by atoms with van der Waals surface area (Å²) in [6, 6.07) is 4.07. The zero-order valence-electron chi connectivity index (χ0n) is 14.8. The van der Waals surface area contributed by atoms with Crippen LogP contribution in [-0.4, -0.2) is 71.6 Å². The number of rotatable bonds is 4. The maximum atomic E-state index is 12.4. The molecule has 4 heterocycles. The van der Waals surface area contributed by atoms with E-state index >= 15 is 0 Å². The lowest BCUT2D eigenvalue weighted by Crippen LogP contribution is -2.53. The zero-order chi connectivity index (χ0) is 17.8. The molecule has 0 unspecified atom stereocenters. The standard InChI is InChI=1S/C18H24N6OS/c25-18(21-6-8-22-7-2-16-15(14-22)3-13-26-16)24-11-9-23(10-12-24)17-19-4-1-5-20-17/h1,3-5,13H,2,6-12,14H2,(H,21,25). The van der Waals surface area contributed by atoms with Gasteiger partial charge in [-0.15, -0.1) is 11.3 Å². The van der Waals surface area contributed by atoms with Crippen molar-refractivity contribution in [3.05, 3.63) is 40.3 Å². The van der Waals surface area contributed by atoms with Crippen LogP contribution in [0.3, 0.4) is 0 Å². The molecule has 0 bridgehead atoms. The van der Waals surface area contributed by atoms with E-state index in [1.807, 2.05) is 22.3 Å². The van der Waals surface area contributed by atoms with E-state index in [1.165, 1.54) is 10.4 Å². The molecule has 4 rings (SSSR count). The summed E-state index contributed by atoms with van der Waals surface area (Å²) in [5, 5.41) is 5.25. The second-order valence-electron chi connectivity index (χ2n) is 6.65. The largest absolute Gasteiger partial charge is 0.337 e. The van der Waals surface area contributed by atoms with Crippen LogP contribution >= 0.6 is 11.3 Å². The zero-order valence-corrected chi connectivity index (χ0v) is 15.6. The van der Waals surface area contributed by atoms with Gasteiger partial charge in [-0.25, -0.2) is 14.8 Å². The van der Waals surface area contributed by atoms with E-state index in [-0.39, 0.29) is 6.03 Å². The Morgan fingerprint density at radius 1 is 1.15 bits per heavy atom. The van der Waals surface area contributed by atoms with Crippen molar-refractivity contribution in [2.75, 3.05) is 50.7 Å². The number of anilines is 1. The smallest absolute Gasteiger partial charge is 0.317 e. The average molecular weight is 372 g/mol. The Morgan fingerprint density at radius 3 is 2.77 bits per heavy atom. The SMILES string of the molecule is O=C(NCCN1CCc2sccc2C1)N1CCN(c2ncccn2)CC1. The fraction of sp³-hybridized carbons (Fsp3) is 0.500. The second kappa shape index (κ2) is 8.01. The van der Waals surface area contributed by atoms with Gasteiger partial charge in [0.05, 0.1) is 0 Å². The molecule has 1 N–H and O–H groups in total. The molecule has 2 aromatic heterocycles. The highest BCUT2D eigenvalue weighted by atomic mass is 32.1. The first-order valence-electron chi connectivity index (χ1n) is 9.12. The van der Waals surface area contributed by atoms with Crippen LogP contribution in [0.15, 0.2) is 29.9 Å². The molecule has 7 nitrogen and oxygen atoms in total. The fourth-order valence-corrected chi connectivity index (χ4v) is 4.38. The summed E-state index contributed by atoms with van der Waals surface area (Å²) < 4.78 is 0. The highest BCUT2D eigenvalue weighted by Gasteiger charge is 2.22. The minimum atomic E-state index is 0.0341. The van der Waals surface area contributed by atoms with Crippen molar-refractivity contribution in [1.29, 1.82) is 0 Å². The number of urea groups is 1. The molecule has 26 heavy (non-hydrogen) atoms. The predicted molar refractivity (Wildman–Crippen MR) is 103 cm³/mol. The molecule has 1 fully saturated rings. The molecular formula is C18H24N6OS. The van der Waals surface area contributed by atoms with E-state index in [9.17, 15) is 4.79 Å². The van der Waals surface area contributed by atoms with Gasteiger partial charge in [0.2, 0.25) is 5.95 Å². The molecule has 2 aliphatic rings. The van der Waals surface area contributed by atoms with Gasteiger partial charge >= 0.3 is 6.03 Å². The maximum Gasteiger partial charge on any atom is 0.317 e. The normalized spacial score (nSPS) is 17.8. The minimum absolute atomic E-state index is 0.0341. The fourth-order valence-electron chi connectivity index (χ4n) is 3.49. The number of nitrogens with zero attached hydrogens (tertiary/aromatic N) is 5. The van der Waals surface area contributed by atoms with Gasteiger partial charge < -0.3 is 15.1 Å². The maximum absolute atomic E-state index is 12.4. The van der Waals surface area contributed by atoms with Gasteiger partial charge in [-0.3, -0.25) is 4.90 Å². The van der Waals surface area contributed by atoms with Crippen LogP contribution in [-0.2, 0) is 13.0 Å². The third kappa shape index (κ3) is 3.96. The van der Waals surface area contributed by atoms with Crippen molar-refractivity contribution in [1.82, 2.24) is 25.1 Å². The topological polar surface area (TPSA) is 64.6 Å². The van der Waals surface area contributed by atoms with Crippen LogP contribution < -0.4 is 10.2 Å². The van der Waals surface area contributed by atoms with Crippen LogP contribution in [0.5, 0.6) is 0 Å². The molecular weight excluding hydrogens is 348 g/mol. The number of hydrogen-bond acceptors (Lipinski definition) is 6. The summed E-state index contributed by atoms with van der Waals surface area (Å²) in [5.41, 5.74) is 1.45. The Hall–Kier alpha value is -2.19. The predicted octanol–water partition coefficient (Wildman–Crippen LogP) is 1.43. The number of aromatic nitrogens is 2. The molecule has 2 aromatic rings. The van der Waals surface area contributed by atoms with Gasteiger partial charge in [0.15, 0.2) is 0 Å².